The molecule has 1 atom stereocenters. The first kappa shape index (κ1) is 11.7. The zero-order chi connectivity index (χ0) is 11.3. The molecule has 4 heteroatoms. The van der Waals surface area contributed by atoms with Crippen molar-refractivity contribution in [2.45, 2.75) is 32.7 Å². The highest BCUT2D eigenvalue weighted by atomic mass is 32.1. The van der Waals surface area contributed by atoms with Crippen LogP contribution in [0, 0.1) is 11.3 Å². The number of amides is 1. The molecule has 0 aliphatic rings. The third-order valence-electron chi connectivity index (χ3n) is 2.01. The molecule has 80 valence electrons. The summed E-state index contributed by atoms with van der Waals surface area (Å²) in [6.07, 6.45) is 1.30. The van der Waals surface area contributed by atoms with Crippen LogP contribution in [0.5, 0.6) is 0 Å². The number of carbonyl (C=O) groups is 1. The second-order valence-corrected chi connectivity index (χ2v) is 4.52. The average molecular weight is 222 g/mol. The van der Waals surface area contributed by atoms with E-state index in [0.717, 1.165) is 11.3 Å². The van der Waals surface area contributed by atoms with Gasteiger partial charge in [0.25, 0.3) is 5.91 Å². The van der Waals surface area contributed by atoms with E-state index in [2.05, 4.69) is 12.2 Å². The Bertz CT molecular complexity index is 378. The van der Waals surface area contributed by atoms with Gasteiger partial charge in [-0.2, -0.15) is 5.26 Å². The summed E-state index contributed by atoms with van der Waals surface area (Å²) in [6.45, 7) is 3.89. The van der Waals surface area contributed by atoms with Gasteiger partial charge in [-0.05, 0) is 25.5 Å². The van der Waals surface area contributed by atoms with E-state index in [1.54, 1.807) is 0 Å². The molecule has 1 rings (SSSR count). The summed E-state index contributed by atoms with van der Waals surface area (Å²) in [5.74, 6) is -0.0811. The van der Waals surface area contributed by atoms with Crippen molar-refractivity contribution in [2.75, 3.05) is 0 Å². The van der Waals surface area contributed by atoms with Gasteiger partial charge in [-0.25, -0.2) is 0 Å². The van der Waals surface area contributed by atoms with Gasteiger partial charge in [-0.1, -0.05) is 6.92 Å². The second-order valence-electron chi connectivity index (χ2n) is 3.36. The lowest BCUT2D eigenvalue weighted by atomic mass is 10.2. The van der Waals surface area contributed by atoms with Crippen LogP contribution in [0.15, 0.2) is 12.1 Å². The van der Waals surface area contributed by atoms with Gasteiger partial charge in [0, 0.05) is 10.9 Å². The molecule has 0 aliphatic carbocycles. The molecule has 0 aliphatic heterocycles. The van der Waals surface area contributed by atoms with Crippen molar-refractivity contribution in [2.24, 2.45) is 0 Å². The summed E-state index contributed by atoms with van der Waals surface area (Å²) in [5.41, 5.74) is 0. The van der Waals surface area contributed by atoms with Gasteiger partial charge >= 0.3 is 0 Å². The van der Waals surface area contributed by atoms with Gasteiger partial charge in [-0.15, -0.1) is 11.3 Å². The largest absolute Gasteiger partial charge is 0.348 e. The number of hydrogen-bond acceptors (Lipinski definition) is 3. The predicted octanol–water partition coefficient (Wildman–Crippen LogP) is 2.34. The van der Waals surface area contributed by atoms with Gasteiger partial charge in [0.1, 0.15) is 0 Å². The number of nitrogens with zero attached hydrogens (tertiary/aromatic N) is 1. The highest BCUT2D eigenvalue weighted by Crippen LogP contribution is 2.16. The Labute approximate surface area is 93.7 Å². The monoisotopic (exact) mass is 222 g/mol. The summed E-state index contributed by atoms with van der Waals surface area (Å²) in [5, 5.41) is 11.2. The third kappa shape index (κ3) is 3.37. The molecule has 0 radical (unpaired) electrons. The van der Waals surface area contributed by atoms with Crippen LogP contribution in [0.25, 0.3) is 0 Å². The Hall–Kier alpha value is -1.34. The Balaban J connectivity index is 2.57. The van der Waals surface area contributed by atoms with Crippen LogP contribution in [-0.4, -0.2) is 11.9 Å². The predicted molar refractivity (Wildman–Crippen MR) is 60.9 cm³/mol. The fourth-order valence-electron chi connectivity index (χ4n) is 1.17. The Morgan fingerprint density at radius 2 is 2.40 bits per heavy atom. The van der Waals surface area contributed by atoms with E-state index in [1.807, 2.05) is 25.1 Å². The quantitative estimate of drug-likeness (QED) is 0.850. The fraction of sp³-hybridized carbons (Fsp3) is 0.455. The number of nitrogens with one attached hydrogen (secondary N) is 1. The summed E-state index contributed by atoms with van der Waals surface area (Å²) >= 11 is 1.51. The van der Waals surface area contributed by atoms with Crippen LogP contribution in [0.1, 0.15) is 34.8 Å². The molecule has 3 nitrogen and oxygen atoms in total. The van der Waals surface area contributed by atoms with Crippen LogP contribution >= 0.6 is 11.3 Å². The number of rotatable bonds is 4. The van der Waals surface area contributed by atoms with E-state index in [4.69, 9.17) is 5.26 Å². The lowest BCUT2D eigenvalue weighted by molar-refractivity contribution is 0.0945. The first-order valence-corrected chi connectivity index (χ1v) is 5.75. The van der Waals surface area contributed by atoms with Crippen molar-refractivity contribution < 1.29 is 4.79 Å². The zero-order valence-electron chi connectivity index (χ0n) is 8.91. The molecule has 1 N–H and O–H groups in total. The number of aryl methyl sites for hydroxylation is 1. The van der Waals surface area contributed by atoms with Crippen LogP contribution < -0.4 is 5.32 Å². The molecule has 1 aromatic heterocycles. The van der Waals surface area contributed by atoms with Gasteiger partial charge < -0.3 is 5.32 Å². The smallest absolute Gasteiger partial charge is 0.261 e. The molecule has 0 spiro atoms. The number of carbonyl (C=O) groups excluding carboxylic acids is 1. The molecule has 0 bridgehead atoms. The van der Waals surface area contributed by atoms with Gasteiger partial charge in [0.2, 0.25) is 0 Å². The number of thiophene rings is 1. The molecule has 0 aromatic carbocycles. The topological polar surface area (TPSA) is 52.9 Å². The van der Waals surface area contributed by atoms with E-state index in [9.17, 15) is 4.79 Å². The normalized spacial score (nSPS) is 11.8. The summed E-state index contributed by atoms with van der Waals surface area (Å²) in [7, 11) is 0. The van der Waals surface area contributed by atoms with Crippen LogP contribution in [0.3, 0.4) is 0 Å². The van der Waals surface area contributed by atoms with E-state index in [0.29, 0.717) is 6.42 Å². The Morgan fingerprint density at radius 1 is 1.67 bits per heavy atom. The first-order chi connectivity index (χ1) is 7.17. The minimum Gasteiger partial charge on any atom is -0.348 e. The summed E-state index contributed by atoms with van der Waals surface area (Å²) in [6, 6.07) is 5.74. The van der Waals surface area contributed by atoms with E-state index in [1.165, 1.54) is 16.2 Å². The Morgan fingerprint density at radius 3 is 2.93 bits per heavy atom. The number of nitriles is 1. The third-order valence-corrected chi connectivity index (χ3v) is 3.24. The standard InChI is InChI=1S/C11H14N2OS/c1-3-9-4-5-10(15-9)11(14)13-8(2)6-7-12/h4-5,8H,3,6H2,1-2H3,(H,13,14). The molecule has 0 saturated carbocycles. The molecule has 15 heavy (non-hydrogen) atoms. The molecule has 1 amide bonds. The van der Waals surface area contributed by atoms with Gasteiger partial charge in [0.15, 0.2) is 0 Å². The highest BCUT2D eigenvalue weighted by molar-refractivity contribution is 7.14. The number of hydrogen-bond donors (Lipinski definition) is 1. The maximum Gasteiger partial charge on any atom is 0.261 e. The molecule has 1 aromatic rings. The molecule has 1 unspecified atom stereocenters. The van der Waals surface area contributed by atoms with Crippen molar-refractivity contribution >= 4 is 17.2 Å². The highest BCUT2D eigenvalue weighted by Gasteiger charge is 2.11. The maximum atomic E-state index is 11.6. The zero-order valence-corrected chi connectivity index (χ0v) is 9.73. The lowest BCUT2D eigenvalue weighted by Gasteiger charge is -2.08. The summed E-state index contributed by atoms with van der Waals surface area (Å²) < 4.78 is 0. The van der Waals surface area contributed by atoms with Crippen molar-refractivity contribution in [3.05, 3.63) is 21.9 Å². The van der Waals surface area contributed by atoms with Gasteiger partial charge in [-0.3, -0.25) is 4.79 Å². The van der Waals surface area contributed by atoms with E-state index < -0.39 is 0 Å². The van der Waals surface area contributed by atoms with Crippen molar-refractivity contribution in [1.82, 2.24) is 5.32 Å². The van der Waals surface area contributed by atoms with E-state index in [-0.39, 0.29) is 11.9 Å². The van der Waals surface area contributed by atoms with Crippen molar-refractivity contribution in [3.8, 4) is 6.07 Å². The second kappa shape index (κ2) is 5.52. The minimum atomic E-state index is -0.0883. The molecular weight excluding hydrogens is 208 g/mol. The molecular formula is C11H14N2OS. The maximum absolute atomic E-state index is 11.6. The lowest BCUT2D eigenvalue weighted by Crippen LogP contribution is -2.31. The van der Waals surface area contributed by atoms with Crippen LogP contribution in [0.2, 0.25) is 0 Å². The van der Waals surface area contributed by atoms with Crippen LogP contribution in [0.4, 0.5) is 0 Å². The average Bonchev–Trinajstić information content (AvgIpc) is 2.66. The van der Waals surface area contributed by atoms with E-state index >= 15 is 0 Å². The van der Waals surface area contributed by atoms with Crippen LogP contribution in [-0.2, 0) is 6.42 Å². The first-order valence-electron chi connectivity index (χ1n) is 4.94. The minimum absolute atomic E-state index is 0.0811. The SMILES string of the molecule is CCc1ccc(C(=O)NC(C)CC#N)s1. The summed E-state index contributed by atoms with van der Waals surface area (Å²) in [4.78, 5) is 13.6. The van der Waals surface area contributed by atoms with Crippen molar-refractivity contribution in [1.29, 1.82) is 5.26 Å². The molecule has 0 saturated heterocycles. The molecule has 0 fully saturated rings. The fourth-order valence-corrected chi connectivity index (χ4v) is 2.02. The van der Waals surface area contributed by atoms with Crippen molar-refractivity contribution in [3.63, 3.8) is 0 Å². The van der Waals surface area contributed by atoms with Gasteiger partial charge in [0.05, 0.1) is 17.4 Å². The molecule has 1 heterocycles. The Kier molecular flexibility index (Phi) is 4.32.